The predicted molar refractivity (Wildman–Crippen MR) is 77.8 cm³/mol. The van der Waals surface area contributed by atoms with E-state index in [1.807, 2.05) is 0 Å². The van der Waals surface area contributed by atoms with Crippen LogP contribution in [0.4, 0.5) is 13.6 Å². The number of carbonyl (C=O) groups is 1. The summed E-state index contributed by atoms with van der Waals surface area (Å²) in [5.74, 6) is -3.19. The van der Waals surface area contributed by atoms with Crippen LogP contribution in [0.2, 0.25) is 0 Å². The molecule has 0 fully saturated rings. The summed E-state index contributed by atoms with van der Waals surface area (Å²) in [4.78, 5) is 11.4. The van der Waals surface area contributed by atoms with Gasteiger partial charge in [0.15, 0.2) is 11.6 Å². The molecule has 4 N–H and O–H groups in total. The number of aliphatic hydroxyl groups is 2. The number of alkyl carbamates (subject to hydrolysis) is 1. The van der Waals surface area contributed by atoms with Crippen LogP contribution in [-0.4, -0.2) is 39.7 Å². The molecular formula is C15H21F2NO5. The maximum absolute atomic E-state index is 13.1. The number of aromatic hydroxyl groups is 1. The van der Waals surface area contributed by atoms with E-state index < -0.39 is 41.3 Å². The van der Waals surface area contributed by atoms with Gasteiger partial charge in [-0.3, -0.25) is 0 Å². The predicted octanol–water partition coefficient (Wildman–Crippen LogP) is 1.98. The summed E-state index contributed by atoms with van der Waals surface area (Å²) in [6, 6.07) is 1.12. The number of carbonyl (C=O) groups excluding carboxylic acids is 1. The lowest BCUT2D eigenvalue weighted by atomic mass is 10.0. The summed E-state index contributed by atoms with van der Waals surface area (Å²) < 4.78 is 31.0. The van der Waals surface area contributed by atoms with Gasteiger partial charge in [-0.15, -0.1) is 0 Å². The number of hydrogen-bond acceptors (Lipinski definition) is 5. The molecule has 1 aromatic rings. The van der Waals surface area contributed by atoms with Gasteiger partial charge < -0.3 is 25.4 Å². The van der Waals surface area contributed by atoms with Gasteiger partial charge in [0, 0.05) is 18.2 Å². The van der Waals surface area contributed by atoms with Gasteiger partial charge in [-0.1, -0.05) is 0 Å². The van der Waals surface area contributed by atoms with Crippen molar-refractivity contribution < 1.29 is 33.6 Å². The molecule has 130 valence electrons. The van der Waals surface area contributed by atoms with Gasteiger partial charge in [0.25, 0.3) is 0 Å². The Morgan fingerprint density at radius 1 is 1.26 bits per heavy atom. The molecule has 8 heteroatoms. The zero-order chi connectivity index (χ0) is 17.8. The lowest BCUT2D eigenvalue weighted by Gasteiger charge is -2.21. The van der Waals surface area contributed by atoms with E-state index in [-0.39, 0.29) is 18.5 Å². The molecule has 0 radical (unpaired) electrons. The van der Waals surface area contributed by atoms with E-state index in [1.165, 1.54) is 0 Å². The van der Waals surface area contributed by atoms with E-state index in [4.69, 9.17) is 4.74 Å². The fourth-order valence-corrected chi connectivity index (χ4v) is 1.79. The van der Waals surface area contributed by atoms with Gasteiger partial charge in [-0.2, -0.15) is 0 Å². The molecule has 0 aromatic heterocycles. The van der Waals surface area contributed by atoms with Crippen LogP contribution in [0.25, 0.3) is 0 Å². The molecule has 1 aromatic carbocycles. The van der Waals surface area contributed by atoms with Crippen molar-refractivity contribution in [2.75, 3.05) is 6.54 Å². The quantitative estimate of drug-likeness (QED) is 0.660. The highest BCUT2D eigenvalue weighted by Crippen LogP contribution is 2.29. The highest BCUT2D eigenvalue weighted by molar-refractivity contribution is 5.67. The zero-order valence-electron chi connectivity index (χ0n) is 13.1. The third-order valence-corrected chi connectivity index (χ3v) is 2.86. The number of aliphatic hydroxyl groups excluding tert-OH is 2. The Morgan fingerprint density at radius 3 is 2.39 bits per heavy atom. The molecular weight excluding hydrogens is 312 g/mol. The normalized spacial score (nSPS) is 14.2. The molecule has 0 bridgehead atoms. The summed E-state index contributed by atoms with van der Waals surface area (Å²) in [5.41, 5.74) is -1.01. The fraction of sp³-hybridized carbons (Fsp3) is 0.533. The number of phenolic OH excluding ortho intramolecular Hbond substituents is 1. The Balaban J connectivity index is 2.57. The molecule has 2 unspecified atom stereocenters. The first-order valence-electron chi connectivity index (χ1n) is 7.02. The van der Waals surface area contributed by atoms with Crippen LogP contribution in [0.15, 0.2) is 12.1 Å². The molecule has 0 aliphatic rings. The minimum atomic E-state index is -1.63. The van der Waals surface area contributed by atoms with Gasteiger partial charge in [-0.05, 0) is 33.3 Å². The van der Waals surface area contributed by atoms with Crippen LogP contribution in [0.3, 0.4) is 0 Å². The molecule has 0 saturated heterocycles. The standard InChI is InChI=1S/C15H21F2NO5/c1-15(2,3)23-14(22)18-5-4-11(19)13(21)8-6-9(16)10(17)7-12(8)20/h6-7,11,13,19-21H,4-5H2,1-3H3,(H,18,22). The second-order valence-corrected chi connectivity index (χ2v) is 6.05. The molecule has 2 atom stereocenters. The Labute approximate surface area is 132 Å². The summed E-state index contributed by atoms with van der Waals surface area (Å²) >= 11 is 0. The molecule has 6 nitrogen and oxygen atoms in total. The number of nitrogens with one attached hydrogen (secondary N) is 1. The number of benzene rings is 1. The second kappa shape index (κ2) is 7.56. The van der Waals surface area contributed by atoms with E-state index in [0.29, 0.717) is 12.1 Å². The maximum Gasteiger partial charge on any atom is 0.407 e. The molecule has 1 amide bonds. The van der Waals surface area contributed by atoms with Crippen molar-refractivity contribution in [1.82, 2.24) is 5.32 Å². The minimum absolute atomic E-state index is 0.0163. The largest absolute Gasteiger partial charge is 0.507 e. The molecule has 1 rings (SSSR count). The van der Waals surface area contributed by atoms with Gasteiger partial charge in [0.2, 0.25) is 0 Å². The van der Waals surface area contributed by atoms with Crippen LogP contribution in [0, 0.1) is 11.6 Å². The maximum atomic E-state index is 13.1. The zero-order valence-corrected chi connectivity index (χ0v) is 13.1. The van der Waals surface area contributed by atoms with Crippen LogP contribution in [0.5, 0.6) is 5.75 Å². The molecule has 0 heterocycles. The van der Waals surface area contributed by atoms with Gasteiger partial charge in [0.1, 0.15) is 17.5 Å². The van der Waals surface area contributed by atoms with Crippen molar-refractivity contribution >= 4 is 6.09 Å². The summed E-state index contributed by atoms with van der Waals surface area (Å²) in [5, 5.41) is 31.6. The van der Waals surface area contributed by atoms with Crippen molar-refractivity contribution in [2.45, 2.75) is 45.0 Å². The minimum Gasteiger partial charge on any atom is -0.507 e. The molecule has 0 spiro atoms. The SMILES string of the molecule is CC(C)(C)OC(=O)NCCC(O)C(O)c1cc(F)c(F)cc1O. The second-order valence-electron chi connectivity index (χ2n) is 6.05. The fourth-order valence-electron chi connectivity index (χ4n) is 1.79. The highest BCUT2D eigenvalue weighted by Gasteiger charge is 2.24. The van der Waals surface area contributed by atoms with E-state index in [9.17, 15) is 28.9 Å². The number of phenols is 1. The average Bonchev–Trinajstić information content (AvgIpc) is 2.40. The first kappa shape index (κ1) is 19.1. The molecule has 23 heavy (non-hydrogen) atoms. The van der Waals surface area contributed by atoms with E-state index in [0.717, 1.165) is 0 Å². The summed E-state index contributed by atoms with van der Waals surface area (Å²) in [6.07, 6.45) is -3.81. The Kier molecular flexibility index (Phi) is 6.28. The van der Waals surface area contributed by atoms with Crippen LogP contribution >= 0.6 is 0 Å². The number of hydrogen-bond donors (Lipinski definition) is 4. The van der Waals surface area contributed by atoms with Gasteiger partial charge in [-0.25, -0.2) is 13.6 Å². The number of rotatable bonds is 5. The number of halogens is 2. The monoisotopic (exact) mass is 333 g/mol. The van der Waals surface area contributed by atoms with Gasteiger partial charge >= 0.3 is 6.09 Å². The third-order valence-electron chi connectivity index (χ3n) is 2.86. The van der Waals surface area contributed by atoms with E-state index >= 15 is 0 Å². The smallest absolute Gasteiger partial charge is 0.407 e. The van der Waals surface area contributed by atoms with Crippen molar-refractivity contribution in [2.24, 2.45) is 0 Å². The van der Waals surface area contributed by atoms with Crippen molar-refractivity contribution in [3.8, 4) is 5.75 Å². The van der Waals surface area contributed by atoms with Crippen molar-refractivity contribution in [3.05, 3.63) is 29.3 Å². The molecule has 0 aliphatic carbocycles. The van der Waals surface area contributed by atoms with Crippen LogP contribution in [-0.2, 0) is 4.74 Å². The van der Waals surface area contributed by atoms with Crippen molar-refractivity contribution in [1.29, 1.82) is 0 Å². The lowest BCUT2D eigenvalue weighted by molar-refractivity contribution is 0.0108. The third kappa shape index (κ3) is 5.99. The average molecular weight is 333 g/mol. The lowest BCUT2D eigenvalue weighted by Crippen LogP contribution is -2.34. The topological polar surface area (TPSA) is 99.0 Å². The number of ether oxygens (including phenoxy) is 1. The molecule has 0 saturated carbocycles. The Hall–Kier alpha value is -1.93. The highest BCUT2D eigenvalue weighted by atomic mass is 19.2. The van der Waals surface area contributed by atoms with E-state index in [1.54, 1.807) is 20.8 Å². The van der Waals surface area contributed by atoms with Crippen LogP contribution in [0.1, 0.15) is 38.9 Å². The van der Waals surface area contributed by atoms with Crippen molar-refractivity contribution in [3.63, 3.8) is 0 Å². The molecule has 0 aliphatic heterocycles. The summed E-state index contributed by atoms with van der Waals surface area (Å²) in [7, 11) is 0. The first-order chi connectivity index (χ1) is 10.5. The Morgan fingerprint density at radius 2 is 1.83 bits per heavy atom. The van der Waals surface area contributed by atoms with Gasteiger partial charge in [0.05, 0.1) is 6.10 Å². The van der Waals surface area contributed by atoms with E-state index in [2.05, 4.69) is 5.32 Å². The van der Waals surface area contributed by atoms with Crippen LogP contribution < -0.4 is 5.32 Å². The summed E-state index contributed by atoms with van der Waals surface area (Å²) in [6.45, 7) is 5.06. The first-order valence-corrected chi connectivity index (χ1v) is 7.02. The number of amides is 1. The Bertz CT molecular complexity index is 560.